The Labute approximate surface area is 130 Å². The van der Waals surface area contributed by atoms with Crippen LogP contribution >= 0.6 is 0 Å². The van der Waals surface area contributed by atoms with Crippen LogP contribution in [-0.4, -0.2) is 34.6 Å². The second-order valence-corrected chi connectivity index (χ2v) is 5.86. The van der Waals surface area contributed by atoms with Crippen molar-refractivity contribution in [2.24, 2.45) is 5.73 Å². The van der Waals surface area contributed by atoms with Crippen LogP contribution in [0, 0.1) is 0 Å². The standard InChI is InChI=1S/C17H21N3O2/c1-12(18)15-9-5-6-10-20(15)17(21)16-11-14(19-22-16)13-7-3-2-4-8-13/h2-4,7-8,11-12,15H,5-6,9-10,18H2,1H3. The molecule has 1 fully saturated rings. The predicted octanol–water partition coefficient (Wildman–Crippen LogP) is 2.68. The van der Waals surface area contributed by atoms with E-state index in [1.165, 1.54) is 0 Å². The van der Waals surface area contributed by atoms with E-state index in [0.717, 1.165) is 31.4 Å². The van der Waals surface area contributed by atoms with Gasteiger partial charge in [0, 0.05) is 30.3 Å². The Hall–Kier alpha value is -2.14. The van der Waals surface area contributed by atoms with E-state index >= 15 is 0 Å². The summed E-state index contributed by atoms with van der Waals surface area (Å²) in [6.07, 6.45) is 3.07. The van der Waals surface area contributed by atoms with Crippen molar-refractivity contribution >= 4 is 5.91 Å². The topological polar surface area (TPSA) is 72.4 Å². The number of nitrogens with two attached hydrogens (primary N) is 1. The molecule has 5 nitrogen and oxygen atoms in total. The number of likely N-dealkylation sites (tertiary alicyclic amines) is 1. The lowest BCUT2D eigenvalue weighted by Gasteiger charge is -2.37. The highest BCUT2D eigenvalue weighted by Crippen LogP contribution is 2.24. The van der Waals surface area contributed by atoms with Crippen LogP contribution in [0.5, 0.6) is 0 Å². The van der Waals surface area contributed by atoms with Crippen LogP contribution in [0.15, 0.2) is 40.9 Å². The van der Waals surface area contributed by atoms with Crippen molar-refractivity contribution in [2.75, 3.05) is 6.54 Å². The molecule has 1 aromatic carbocycles. The fourth-order valence-corrected chi connectivity index (χ4v) is 3.02. The number of rotatable bonds is 3. The normalized spacial score (nSPS) is 19.9. The van der Waals surface area contributed by atoms with E-state index < -0.39 is 0 Å². The summed E-state index contributed by atoms with van der Waals surface area (Å²) in [5.74, 6) is 0.170. The van der Waals surface area contributed by atoms with E-state index in [-0.39, 0.29) is 23.8 Å². The number of hydrogen-bond acceptors (Lipinski definition) is 4. The molecule has 0 aliphatic carbocycles. The molecule has 1 aliphatic rings. The molecule has 0 spiro atoms. The number of piperidine rings is 1. The van der Waals surface area contributed by atoms with Gasteiger partial charge in [0.05, 0.1) is 0 Å². The second kappa shape index (κ2) is 6.32. The van der Waals surface area contributed by atoms with E-state index in [1.54, 1.807) is 6.07 Å². The first-order chi connectivity index (χ1) is 10.7. The average Bonchev–Trinajstić information content (AvgIpc) is 3.05. The zero-order valence-corrected chi connectivity index (χ0v) is 12.7. The first kappa shape index (κ1) is 14.8. The Morgan fingerprint density at radius 1 is 1.36 bits per heavy atom. The Balaban J connectivity index is 1.82. The summed E-state index contributed by atoms with van der Waals surface area (Å²) in [5, 5.41) is 4.02. The van der Waals surface area contributed by atoms with Crippen LogP contribution in [0.3, 0.4) is 0 Å². The third kappa shape index (κ3) is 2.90. The van der Waals surface area contributed by atoms with Gasteiger partial charge in [0.15, 0.2) is 0 Å². The number of amides is 1. The third-order valence-corrected chi connectivity index (χ3v) is 4.21. The molecule has 1 saturated heterocycles. The largest absolute Gasteiger partial charge is 0.350 e. The maximum Gasteiger partial charge on any atom is 0.292 e. The van der Waals surface area contributed by atoms with Crippen LogP contribution in [0.25, 0.3) is 11.3 Å². The molecule has 3 rings (SSSR count). The zero-order valence-electron chi connectivity index (χ0n) is 12.7. The Bertz CT molecular complexity index is 636. The molecule has 2 heterocycles. The molecule has 2 unspecified atom stereocenters. The lowest BCUT2D eigenvalue weighted by Crippen LogP contribution is -2.51. The second-order valence-electron chi connectivity index (χ2n) is 5.86. The Kier molecular flexibility index (Phi) is 4.24. The number of carbonyl (C=O) groups is 1. The van der Waals surface area contributed by atoms with Crippen LogP contribution in [0.2, 0.25) is 0 Å². The van der Waals surface area contributed by atoms with E-state index in [2.05, 4.69) is 5.16 Å². The molecule has 1 aliphatic heterocycles. The van der Waals surface area contributed by atoms with Gasteiger partial charge in [-0.15, -0.1) is 0 Å². The number of carbonyl (C=O) groups excluding carboxylic acids is 1. The van der Waals surface area contributed by atoms with Crippen LogP contribution < -0.4 is 5.73 Å². The van der Waals surface area contributed by atoms with Crippen LogP contribution in [0.4, 0.5) is 0 Å². The number of aromatic nitrogens is 1. The molecule has 1 aromatic heterocycles. The fraction of sp³-hybridized carbons (Fsp3) is 0.412. The van der Waals surface area contributed by atoms with Crippen LogP contribution in [-0.2, 0) is 0 Å². The summed E-state index contributed by atoms with van der Waals surface area (Å²) >= 11 is 0. The van der Waals surface area contributed by atoms with Gasteiger partial charge in [0.1, 0.15) is 5.69 Å². The molecular weight excluding hydrogens is 278 g/mol. The maximum absolute atomic E-state index is 12.7. The van der Waals surface area contributed by atoms with E-state index in [9.17, 15) is 4.79 Å². The summed E-state index contributed by atoms with van der Waals surface area (Å²) in [6, 6.07) is 11.4. The fourth-order valence-electron chi connectivity index (χ4n) is 3.02. The lowest BCUT2D eigenvalue weighted by atomic mass is 9.96. The molecule has 2 N–H and O–H groups in total. The maximum atomic E-state index is 12.7. The minimum atomic E-state index is -0.114. The van der Waals surface area contributed by atoms with Gasteiger partial charge in [-0.05, 0) is 26.2 Å². The van der Waals surface area contributed by atoms with Crippen molar-refractivity contribution in [3.63, 3.8) is 0 Å². The van der Waals surface area contributed by atoms with Gasteiger partial charge in [-0.2, -0.15) is 0 Å². The Morgan fingerprint density at radius 2 is 2.14 bits per heavy atom. The summed E-state index contributed by atoms with van der Waals surface area (Å²) in [5.41, 5.74) is 7.65. The highest BCUT2D eigenvalue weighted by molar-refractivity contribution is 5.92. The van der Waals surface area contributed by atoms with Gasteiger partial charge in [0.25, 0.3) is 5.91 Å². The van der Waals surface area contributed by atoms with Gasteiger partial charge >= 0.3 is 0 Å². The highest BCUT2D eigenvalue weighted by Gasteiger charge is 2.31. The molecule has 1 amide bonds. The predicted molar refractivity (Wildman–Crippen MR) is 84.3 cm³/mol. The molecular formula is C17H21N3O2. The molecule has 0 radical (unpaired) electrons. The Morgan fingerprint density at radius 3 is 2.86 bits per heavy atom. The summed E-state index contributed by atoms with van der Waals surface area (Å²) in [6.45, 7) is 2.68. The smallest absolute Gasteiger partial charge is 0.292 e. The van der Waals surface area contributed by atoms with E-state index in [4.69, 9.17) is 10.3 Å². The highest BCUT2D eigenvalue weighted by atomic mass is 16.5. The van der Waals surface area contributed by atoms with Crippen molar-refractivity contribution in [1.82, 2.24) is 10.1 Å². The summed E-state index contributed by atoms with van der Waals surface area (Å²) in [4.78, 5) is 14.5. The minimum Gasteiger partial charge on any atom is -0.350 e. The van der Waals surface area contributed by atoms with Gasteiger partial charge in [-0.3, -0.25) is 4.79 Å². The molecule has 2 aromatic rings. The minimum absolute atomic E-state index is 0.0410. The van der Waals surface area contributed by atoms with Crippen molar-refractivity contribution in [3.8, 4) is 11.3 Å². The van der Waals surface area contributed by atoms with Crippen molar-refractivity contribution < 1.29 is 9.32 Å². The molecule has 0 saturated carbocycles. The van der Waals surface area contributed by atoms with Crippen LogP contribution in [0.1, 0.15) is 36.7 Å². The van der Waals surface area contributed by atoms with Crippen molar-refractivity contribution in [1.29, 1.82) is 0 Å². The molecule has 0 bridgehead atoms. The summed E-state index contributed by atoms with van der Waals surface area (Å²) in [7, 11) is 0. The molecule has 5 heteroatoms. The first-order valence-electron chi connectivity index (χ1n) is 7.75. The zero-order chi connectivity index (χ0) is 15.5. The average molecular weight is 299 g/mol. The molecule has 22 heavy (non-hydrogen) atoms. The first-order valence-corrected chi connectivity index (χ1v) is 7.75. The van der Waals surface area contributed by atoms with Gasteiger partial charge in [-0.25, -0.2) is 0 Å². The molecule has 2 atom stereocenters. The lowest BCUT2D eigenvalue weighted by molar-refractivity contribution is 0.0542. The van der Waals surface area contributed by atoms with E-state index in [0.29, 0.717) is 5.69 Å². The number of benzene rings is 1. The third-order valence-electron chi connectivity index (χ3n) is 4.21. The van der Waals surface area contributed by atoms with E-state index in [1.807, 2.05) is 42.2 Å². The molecule has 116 valence electrons. The van der Waals surface area contributed by atoms with Crippen molar-refractivity contribution in [2.45, 2.75) is 38.3 Å². The number of nitrogens with zero attached hydrogens (tertiary/aromatic N) is 2. The summed E-state index contributed by atoms with van der Waals surface area (Å²) < 4.78 is 5.28. The van der Waals surface area contributed by atoms with Gasteiger partial charge < -0.3 is 15.2 Å². The van der Waals surface area contributed by atoms with Gasteiger partial charge in [0.2, 0.25) is 5.76 Å². The van der Waals surface area contributed by atoms with Gasteiger partial charge in [-0.1, -0.05) is 35.5 Å². The van der Waals surface area contributed by atoms with Crippen molar-refractivity contribution in [3.05, 3.63) is 42.2 Å². The quantitative estimate of drug-likeness (QED) is 0.945. The number of hydrogen-bond donors (Lipinski definition) is 1. The monoisotopic (exact) mass is 299 g/mol. The SMILES string of the molecule is CC(N)C1CCCCN1C(=O)c1cc(-c2ccccc2)no1.